The number of hydrogen-bond donors (Lipinski definition) is 0. The van der Waals surface area contributed by atoms with Gasteiger partial charge in [-0.1, -0.05) is 6.58 Å². The Morgan fingerprint density at radius 2 is 2.10 bits per heavy atom. The van der Waals surface area contributed by atoms with Gasteiger partial charge in [-0.25, -0.2) is 4.39 Å². The Balaban J connectivity index is 1.99. The van der Waals surface area contributed by atoms with E-state index >= 15 is 0 Å². The molecule has 0 radical (unpaired) electrons. The van der Waals surface area contributed by atoms with Crippen molar-refractivity contribution < 1.29 is 4.39 Å². The third-order valence-electron chi connectivity index (χ3n) is 3.89. The zero-order chi connectivity index (χ0) is 14.4. The molecule has 0 N–H and O–H groups in total. The largest absolute Gasteiger partial charge is 0.337 e. The van der Waals surface area contributed by atoms with Crippen LogP contribution in [0.4, 0.5) is 4.39 Å². The second-order valence-electron chi connectivity index (χ2n) is 5.41. The van der Waals surface area contributed by atoms with Gasteiger partial charge >= 0.3 is 0 Å². The fourth-order valence-corrected chi connectivity index (χ4v) is 2.77. The summed E-state index contributed by atoms with van der Waals surface area (Å²) >= 11 is 0. The third-order valence-corrected chi connectivity index (χ3v) is 3.89. The first-order chi connectivity index (χ1) is 10.3. The number of aromatic nitrogens is 3. The van der Waals surface area contributed by atoms with Crippen molar-refractivity contribution >= 4 is 17.0 Å². The lowest BCUT2D eigenvalue weighted by atomic mass is 10.2. The molecule has 1 saturated carbocycles. The molecule has 4 rings (SSSR count). The van der Waals surface area contributed by atoms with E-state index in [4.69, 9.17) is 0 Å². The highest BCUT2D eigenvalue weighted by Crippen LogP contribution is 2.42. The summed E-state index contributed by atoms with van der Waals surface area (Å²) in [7, 11) is 0. The zero-order valence-electron chi connectivity index (χ0n) is 11.5. The van der Waals surface area contributed by atoms with Gasteiger partial charge in [0, 0.05) is 17.0 Å². The number of hydrogen-bond acceptors (Lipinski definition) is 2. The predicted octanol–water partition coefficient (Wildman–Crippen LogP) is 4.22. The molecule has 0 atom stereocenters. The van der Waals surface area contributed by atoms with E-state index in [-0.39, 0.29) is 5.82 Å². The summed E-state index contributed by atoms with van der Waals surface area (Å²) < 4.78 is 15.8. The molecular formula is C17H14FN3. The number of fused-ring (bicyclic) bond motifs is 1. The molecule has 3 aromatic rings. The molecule has 2 heterocycles. The molecule has 0 saturated heterocycles. The van der Waals surface area contributed by atoms with Crippen molar-refractivity contribution in [2.45, 2.75) is 18.9 Å². The van der Waals surface area contributed by atoms with Crippen molar-refractivity contribution in [1.82, 2.24) is 14.8 Å². The van der Waals surface area contributed by atoms with Crippen LogP contribution in [0.3, 0.4) is 0 Å². The summed E-state index contributed by atoms with van der Waals surface area (Å²) in [4.78, 5) is 0. The maximum atomic E-state index is 13.6. The van der Waals surface area contributed by atoms with E-state index in [0.717, 1.165) is 40.7 Å². The fraction of sp³-hybridized carbons (Fsp3) is 0.176. The van der Waals surface area contributed by atoms with Gasteiger partial charge in [-0.05, 0) is 49.2 Å². The Bertz CT molecular complexity index is 846. The smallest absolute Gasteiger partial charge is 0.125 e. The Labute approximate surface area is 121 Å². The van der Waals surface area contributed by atoms with Gasteiger partial charge in [-0.3, -0.25) is 0 Å². The lowest BCUT2D eigenvalue weighted by Gasteiger charge is -2.09. The molecule has 1 aromatic carbocycles. The summed E-state index contributed by atoms with van der Waals surface area (Å²) in [5, 5.41) is 9.09. The lowest BCUT2D eigenvalue weighted by molar-refractivity contribution is 0.628. The Morgan fingerprint density at radius 1 is 1.24 bits per heavy atom. The van der Waals surface area contributed by atoms with Gasteiger partial charge in [0.2, 0.25) is 0 Å². The molecule has 2 aromatic heterocycles. The number of rotatable bonds is 3. The van der Waals surface area contributed by atoms with Crippen LogP contribution in [-0.4, -0.2) is 14.8 Å². The molecule has 1 aliphatic rings. The Kier molecular flexibility index (Phi) is 2.64. The first kappa shape index (κ1) is 12.3. The second-order valence-corrected chi connectivity index (χ2v) is 5.41. The minimum atomic E-state index is -0.200. The standard InChI is InChI=1S/C17H14FN3/c1-2-14-7-12(10-19-20-14)16-8-11-3-4-13(18)9-17(11)21(16)15-5-6-15/h2-4,7-10,15H,1,5-6H2. The van der Waals surface area contributed by atoms with Gasteiger partial charge in [0.15, 0.2) is 0 Å². The van der Waals surface area contributed by atoms with Crippen molar-refractivity contribution in [3.63, 3.8) is 0 Å². The molecule has 1 aliphatic carbocycles. The molecule has 3 nitrogen and oxygen atoms in total. The van der Waals surface area contributed by atoms with Crippen molar-refractivity contribution in [1.29, 1.82) is 0 Å². The van der Waals surface area contributed by atoms with Crippen LogP contribution in [0.5, 0.6) is 0 Å². The third kappa shape index (κ3) is 2.03. The summed E-state index contributed by atoms with van der Waals surface area (Å²) in [6.07, 6.45) is 5.71. The normalized spacial score (nSPS) is 14.5. The maximum Gasteiger partial charge on any atom is 0.125 e. The van der Waals surface area contributed by atoms with Crippen molar-refractivity contribution in [2.24, 2.45) is 0 Å². The van der Waals surface area contributed by atoms with E-state index in [1.165, 1.54) is 6.07 Å². The monoisotopic (exact) mass is 279 g/mol. The van der Waals surface area contributed by atoms with Gasteiger partial charge in [0.1, 0.15) is 5.82 Å². The molecule has 0 unspecified atom stereocenters. The topological polar surface area (TPSA) is 30.7 Å². The maximum absolute atomic E-state index is 13.6. The molecule has 0 spiro atoms. The van der Waals surface area contributed by atoms with E-state index in [1.54, 1.807) is 18.3 Å². The summed E-state index contributed by atoms with van der Waals surface area (Å²) in [6, 6.07) is 9.46. The Morgan fingerprint density at radius 3 is 2.86 bits per heavy atom. The van der Waals surface area contributed by atoms with Gasteiger partial charge in [0.25, 0.3) is 0 Å². The summed E-state index contributed by atoms with van der Waals surface area (Å²) in [6.45, 7) is 3.73. The minimum absolute atomic E-state index is 0.200. The number of benzene rings is 1. The van der Waals surface area contributed by atoms with Crippen molar-refractivity contribution in [2.75, 3.05) is 0 Å². The zero-order valence-corrected chi connectivity index (χ0v) is 11.5. The molecule has 21 heavy (non-hydrogen) atoms. The summed E-state index contributed by atoms with van der Waals surface area (Å²) in [5.41, 5.74) is 3.75. The van der Waals surface area contributed by atoms with Gasteiger partial charge in [-0.2, -0.15) is 10.2 Å². The highest BCUT2D eigenvalue weighted by molar-refractivity contribution is 5.87. The van der Waals surface area contributed by atoms with E-state index in [0.29, 0.717) is 6.04 Å². The van der Waals surface area contributed by atoms with Crippen LogP contribution in [-0.2, 0) is 0 Å². The van der Waals surface area contributed by atoms with Gasteiger partial charge in [0.05, 0.1) is 23.1 Å². The SMILES string of the molecule is C=Cc1cc(-c2cc3ccc(F)cc3n2C2CC2)cnn1. The average molecular weight is 279 g/mol. The summed E-state index contributed by atoms with van der Waals surface area (Å²) in [5.74, 6) is -0.200. The quantitative estimate of drug-likeness (QED) is 0.719. The van der Waals surface area contributed by atoms with E-state index in [9.17, 15) is 4.39 Å². The van der Waals surface area contributed by atoms with E-state index in [1.807, 2.05) is 12.1 Å². The Hall–Kier alpha value is -2.49. The molecule has 4 heteroatoms. The van der Waals surface area contributed by atoms with Crippen molar-refractivity contribution in [3.05, 3.63) is 54.6 Å². The number of halogens is 1. The minimum Gasteiger partial charge on any atom is -0.337 e. The van der Waals surface area contributed by atoms with Crippen LogP contribution in [0.25, 0.3) is 28.2 Å². The van der Waals surface area contributed by atoms with E-state index < -0.39 is 0 Å². The average Bonchev–Trinajstić information content (AvgIpc) is 3.28. The van der Waals surface area contributed by atoms with Crippen LogP contribution < -0.4 is 0 Å². The molecule has 1 fully saturated rings. The van der Waals surface area contributed by atoms with Crippen LogP contribution >= 0.6 is 0 Å². The molecule has 0 aliphatic heterocycles. The van der Waals surface area contributed by atoms with Crippen LogP contribution in [0.15, 0.2) is 43.1 Å². The molecule has 0 amide bonds. The number of nitrogens with zero attached hydrogens (tertiary/aromatic N) is 3. The first-order valence-electron chi connectivity index (χ1n) is 7.02. The second kappa shape index (κ2) is 4.52. The molecule has 104 valence electrons. The van der Waals surface area contributed by atoms with E-state index in [2.05, 4.69) is 27.4 Å². The van der Waals surface area contributed by atoms with Crippen LogP contribution in [0.1, 0.15) is 24.6 Å². The van der Waals surface area contributed by atoms with Gasteiger partial charge in [-0.15, -0.1) is 0 Å². The highest BCUT2D eigenvalue weighted by Gasteiger charge is 2.28. The molecule has 0 bridgehead atoms. The highest BCUT2D eigenvalue weighted by atomic mass is 19.1. The lowest BCUT2D eigenvalue weighted by Crippen LogP contribution is -1.98. The van der Waals surface area contributed by atoms with Crippen LogP contribution in [0.2, 0.25) is 0 Å². The fourth-order valence-electron chi connectivity index (χ4n) is 2.77. The first-order valence-corrected chi connectivity index (χ1v) is 7.02. The van der Waals surface area contributed by atoms with Crippen LogP contribution in [0, 0.1) is 5.82 Å². The van der Waals surface area contributed by atoms with Crippen molar-refractivity contribution in [3.8, 4) is 11.3 Å². The molecular weight excluding hydrogens is 265 g/mol. The van der Waals surface area contributed by atoms with Gasteiger partial charge < -0.3 is 4.57 Å². The predicted molar refractivity (Wildman–Crippen MR) is 81.3 cm³/mol.